The van der Waals surface area contributed by atoms with Crippen LogP contribution in [-0.2, 0) is 5.60 Å². The summed E-state index contributed by atoms with van der Waals surface area (Å²) in [4.78, 5) is 0. The van der Waals surface area contributed by atoms with Crippen molar-refractivity contribution >= 4 is 11.6 Å². The lowest BCUT2D eigenvalue weighted by molar-refractivity contribution is 0.0203. The van der Waals surface area contributed by atoms with Crippen LogP contribution in [0.4, 0.5) is 0 Å². The van der Waals surface area contributed by atoms with Crippen LogP contribution < -0.4 is 10.1 Å². The lowest BCUT2D eigenvalue weighted by atomic mass is 9.87. The molecule has 1 fully saturated rings. The Morgan fingerprint density at radius 3 is 2.89 bits per heavy atom. The van der Waals surface area contributed by atoms with Gasteiger partial charge >= 0.3 is 0 Å². The third-order valence-electron chi connectivity index (χ3n) is 4.11. The van der Waals surface area contributed by atoms with Gasteiger partial charge in [-0.25, -0.2) is 0 Å². The van der Waals surface area contributed by atoms with Crippen molar-refractivity contribution in [2.24, 2.45) is 0 Å². The van der Waals surface area contributed by atoms with Gasteiger partial charge in [-0.15, -0.1) is 0 Å². The predicted molar refractivity (Wildman–Crippen MR) is 75.2 cm³/mol. The van der Waals surface area contributed by atoms with Crippen LogP contribution in [0.1, 0.15) is 18.5 Å². The number of rotatable bonds is 0. The Morgan fingerprint density at radius 1 is 1.21 bits per heavy atom. The highest BCUT2D eigenvalue weighted by Crippen LogP contribution is 2.44. The quantitative estimate of drug-likeness (QED) is 0.799. The first-order chi connectivity index (χ1) is 9.28. The zero-order valence-electron chi connectivity index (χ0n) is 10.5. The van der Waals surface area contributed by atoms with E-state index in [9.17, 15) is 0 Å². The number of fused-ring (bicyclic) bond motifs is 4. The van der Waals surface area contributed by atoms with Gasteiger partial charge in [0.2, 0.25) is 0 Å². The van der Waals surface area contributed by atoms with Crippen LogP contribution in [0, 0.1) is 0 Å². The molecule has 0 amide bonds. The molecule has 4 rings (SSSR count). The molecule has 4 heteroatoms. The average Bonchev–Trinajstić information content (AvgIpc) is 2.90. The molecule has 1 saturated heterocycles. The molecule has 0 unspecified atom stereocenters. The zero-order chi connectivity index (χ0) is 12.9. The highest BCUT2D eigenvalue weighted by molar-refractivity contribution is 6.30. The maximum atomic E-state index is 6.38. The second-order valence-corrected chi connectivity index (χ2v) is 5.66. The molecule has 1 aromatic carbocycles. The number of ether oxygens (including phenoxy) is 1. The summed E-state index contributed by atoms with van der Waals surface area (Å²) >= 11 is 6.10. The van der Waals surface area contributed by atoms with Gasteiger partial charge in [-0.05, 0) is 37.4 Å². The number of piperidine rings is 1. The number of hydrogen-bond acceptors (Lipinski definition) is 2. The summed E-state index contributed by atoms with van der Waals surface area (Å²) in [5, 5.41) is 4.12. The molecule has 3 heterocycles. The topological polar surface area (TPSA) is 26.2 Å². The first-order valence-corrected chi connectivity index (χ1v) is 7.04. The summed E-state index contributed by atoms with van der Waals surface area (Å²) in [6.45, 7) is 1.97. The molecule has 0 aliphatic carbocycles. The van der Waals surface area contributed by atoms with E-state index >= 15 is 0 Å². The van der Waals surface area contributed by atoms with Crippen LogP contribution in [0.5, 0.6) is 5.75 Å². The van der Waals surface area contributed by atoms with Gasteiger partial charge in [-0.1, -0.05) is 11.6 Å². The van der Waals surface area contributed by atoms with Crippen molar-refractivity contribution in [3.05, 3.63) is 47.2 Å². The van der Waals surface area contributed by atoms with Crippen LogP contribution in [0.25, 0.3) is 5.69 Å². The van der Waals surface area contributed by atoms with Crippen LogP contribution in [-0.4, -0.2) is 17.7 Å². The van der Waals surface area contributed by atoms with Crippen molar-refractivity contribution in [2.45, 2.75) is 18.4 Å². The Balaban J connectivity index is 1.92. The summed E-state index contributed by atoms with van der Waals surface area (Å²) in [6, 6.07) is 10.1. The van der Waals surface area contributed by atoms with Crippen molar-refractivity contribution in [3.63, 3.8) is 0 Å². The molecule has 3 nitrogen and oxygen atoms in total. The van der Waals surface area contributed by atoms with Crippen LogP contribution in [0.2, 0.25) is 5.02 Å². The number of hydrogen-bond donors (Lipinski definition) is 1. The van der Waals surface area contributed by atoms with E-state index in [0.717, 1.165) is 42.4 Å². The van der Waals surface area contributed by atoms with Gasteiger partial charge in [0.25, 0.3) is 0 Å². The highest BCUT2D eigenvalue weighted by atomic mass is 35.5. The van der Waals surface area contributed by atoms with Gasteiger partial charge in [-0.3, -0.25) is 0 Å². The Labute approximate surface area is 117 Å². The third kappa shape index (κ3) is 1.62. The monoisotopic (exact) mass is 274 g/mol. The van der Waals surface area contributed by atoms with E-state index in [-0.39, 0.29) is 5.60 Å². The molecule has 2 aliphatic rings. The molecule has 1 aromatic heterocycles. The first kappa shape index (κ1) is 11.4. The van der Waals surface area contributed by atoms with E-state index in [1.54, 1.807) is 0 Å². The van der Waals surface area contributed by atoms with Crippen LogP contribution in [0.3, 0.4) is 0 Å². The van der Waals surface area contributed by atoms with Crippen LogP contribution in [0.15, 0.2) is 36.5 Å². The fourth-order valence-electron chi connectivity index (χ4n) is 3.18. The number of halogens is 1. The second kappa shape index (κ2) is 4.02. The van der Waals surface area contributed by atoms with Crippen molar-refractivity contribution in [1.82, 2.24) is 9.88 Å². The predicted octanol–water partition coefficient (Wildman–Crippen LogP) is 3.10. The van der Waals surface area contributed by atoms with E-state index in [1.165, 1.54) is 5.69 Å². The van der Waals surface area contributed by atoms with E-state index in [4.69, 9.17) is 16.3 Å². The number of nitrogens with zero attached hydrogens (tertiary/aromatic N) is 1. The average molecular weight is 275 g/mol. The van der Waals surface area contributed by atoms with Crippen LogP contribution >= 0.6 is 11.6 Å². The molecular weight excluding hydrogens is 260 g/mol. The molecule has 19 heavy (non-hydrogen) atoms. The largest absolute Gasteiger partial charge is 0.479 e. The molecule has 0 atom stereocenters. The smallest absolute Gasteiger partial charge is 0.152 e. The molecule has 2 aromatic rings. The Morgan fingerprint density at radius 2 is 2.05 bits per heavy atom. The van der Waals surface area contributed by atoms with Gasteiger partial charge in [0.05, 0.1) is 11.4 Å². The number of nitrogens with one attached hydrogen (secondary N) is 1. The second-order valence-electron chi connectivity index (χ2n) is 5.22. The van der Waals surface area contributed by atoms with Gasteiger partial charge < -0.3 is 14.6 Å². The zero-order valence-corrected chi connectivity index (χ0v) is 11.3. The molecule has 1 spiro atoms. The summed E-state index contributed by atoms with van der Waals surface area (Å²) in [5.74, 6) is 0.887. The summed E-state index contributed by atoms with van der Waals surface area (Å²) in [5.41, 5.74) is 2.13. The Hall–Kier alpha value is -1.45. The molecule has 98 valence electrons. The lowest BCUT2D eigenvalue weighted by Gasteiger charge is -2.42. The summed E-state index contributed by atoms with van der Waals surface area (Å²) < 4.78 is 8.62. The van der Waals surface area contributed by atoms with E-state index in [1.807, 2.05) is 18.2 Å². The molecule has 0 bridgehead atoms. The normalized spacial score (nSPS) is 19.6. The standard InChI is InChI=1S/C15H15ClN2O/c16-11-3-4-12-13(10-11)19-15(5-7-17-8-6-15)14-2-1-9-18(12)14/h1-4,9-10,17H,5-8H2. The summed E-state index contributed by atoms with van der Waals surface area (Å²) in [6.07, 6.45) is 4.08. The Kier molecular flexibility index (Phi) is 2.41. The van der Waals surface area contributed by atoms with Gasteiger partial charge in [-0.2, -0.15) is 0 Å². The van der Waals surface area contributed by atoms with Crippen molar-refractivity contribution in [2.75, 3.05) is 13.1 Å². The maximum absolute atomic E-state index is 6.38. The first-order valence-electron chi connectivity index (χ1n) is 6.66. The molecular formula is C15H15ClN2O. The summed E-state index contributed by atoms with van der Waals surface area (Å²) in [7, 11) is 0. The third-order valence-corrected chi connectivity index (χ3v) is 4.35. The number of aromatic nitrogens is 1. The lowest BCUT2D eigenvalue weighted by Crippen LogP contribution is -2.46. The van der Waals surface area contributed by atoms with E-state index in [2.05, 4.69) is 28.2 Å². The fourth-order valence-corrected chi connectivity index (χ4v) is 3.34. The van der Waals surface area contributed by atoms with E-state index in [0.29, 0.717) is 0 Å². The Bertz CT molecular complexity index is 629. The highest BCUT2D eigenvalue weighted by Gasteiger charge is 2.42. The minimum atomic E-state index is -0.202. The van der Waals surface area contributed by atoms with Crippen molar-refractivity contribution in [3.8, 4) is 11.4 Å². The number of benzene rings is 1. The van der Waals surface area contributed by atoms with Crippen molar-refractivity contribution < 1.29 is 4.74 Å². The van der Waals surface area contributed by atoms with Crippen molar-refractivity contribution in [1.29, 1.82) is 0 Å². The molecule has 2 aliphatic heterocycles. The molecule has 0 radical (unpaired) electrons. The fraction of sp³-hybridized carbons (Fsp3) is 0.333. The maximum Gasteiger partial charge on any atom is 0.152 e. The molecule has 0 saturated carbocycles. The molecule has 1 N–H and O–H groups in total. The van der Waals surface area contributed by atoms with Gasteiger partial charge in [0.1, 0.15) is 5.75 Å². The minimum Gasteiger partial charge on any atom is -0.479 e. The van der Waals surface area contributed by atoms with E-state index < -0.39 is 0 Å². The van der Waals surface area contributed by atoms with Gasteiger partial charge in [0.15, 0.2) is 5.60 Å². The van der Waals surface area contributed by atoms with Gasteiger partial charge in [0, 0.05) is 30.1 Å². The minimum absolute atomic E-state index is 0.202. The SMILES string of the molecule is Clc1ccc2c(c1)OC1(CCNCC1)c1cccn1-2.